The number of halogens is 1. The van der Waals surface area contributed by atoms with Gasteiger partial charge in [-0.1, -0.05) is 5.16 Å². The van der Waals surface area contributed by atoms with Gasteiger partial charge < -0.3 is 15.6 Å². The molecule has 84 valence electrons. The Kier molecular flexibility index (Phi) is 2.76. The largest absolute Gasteiger partial charge is 0.397 e. The van der Waals surface area contributed by atoms with Crippen LogP contribution in [0.3, 0.4) is 0 Å². The summed E-state index contributed by atoms with van der Waals surface area (Å²) in [5, 5.41) is 6.82. The Labute approximate surface area is 92.2 Å². The number of hydrogen-bond acceptors (Lipinski definition) is 4. The van der Waals surface area contributed by atoms with Crippen molar-refractivity contribution in [2.75, 3.05) is 11.1 Å². The molecule has 3 N–H and O–H groups in total. The molecule has 0 spiro atoms. The zero-order valence-electron chi connectivity index (χ0n) is 8.83. The van der Waals surface area contributed by atoms with Crippen LogP contribution in [-0.4, -0.2) is 5.16 Å². The fourth-order valence-corrected chi connectivity index (χ4v) is 1.36. The molecule has 0 unspecified atom stereocenters. The molecule has 0 atom stereocenters. The van der Waals surface area contributed by atoms with Crippen molar-refractivity contribution in [2.45, 2.75) is 13.5 Å². The molecule has 4 nitrogen and oxygen atoms in total. The number of benzene rings is 1. The van der Waals surface area contributed by atoms with E-state index >= 15 is 0 Å². The highest BCUT2D eigenvalue weighted by atomic mass is 19.1. The van der Waals surface area contributed by atoms with E-state index in [1.54, 1.807) is 19.1 Å². The van der Waals surface area contributed by atoms with Crippen molar-refractivity contribution in [1.29, 1.82) is 0 Å². The molecule has 0 radical (unpaired) electrons. The third kappa shape index (κ3) is 2.13. The molecule has 0 aliphatic rings. The van der Waals surface area contributed by atoms with Gasteiger partial charge in [-0.25, -0.2) is 4.39 Å². The Morgan fingerprint density at radius 1 is 1.50 bits per heavy atom. The van der Waals surface area contributed by atoms with Crippen LogP contribution in [0.15, 0.2) is 29.0 Å². The summed E-state index contributed by atoms with van der Waals surface area (Å²) in [4.78, 5) is 0. The van der Waals surface area contributed by atoms with Crippen LogP contribution >= 0.6 is 0 Å². The van der Waals surface area contributed by atoms with Gasteiger partial charge in [0.25, 0.3) is 0 Å². The summed E-state index contributed by atoms with van der Waals surface area (Å²) in [5.41, 5.74) is 8.08. The molecule has 1 heterocycles. The van der Waals surface area contributed by atoms with Crippen LogP contribution in [0.5, 0.6) is 0 Å². The van der Waals surface area contributed by atoms with E-state index < -0.39 is 0 Å². The van der Waals surface area contributed by atoms with E-state index in [2.05, 4.69) is 10.5 Å². The molecule has 0 saturated carbocycles. The molecule has 2 aromatic rings. The normalized spacial score (nSPS) is 10.4. The third-order valence-electron chi connectivity index (χ3n) is 2.28. The van der Waals surface area contributed by atoms with Gasteiger partial charge in [0, 0.05) is 6.07 Å². The molecule has 0 aliphatic carbocycles. The van der Waals surface area contributed by atoms with Gasteiger partial charge >= 0.3 is 0 Å². The van der Waals surface area contributed by atoms with Gasteiger partial charge in [-0.3, -0.25) is 0 Å². The van der Waals surface area contributed by atoms with Crippen LogP contribution in [0.2, 0.25) is 0 Å². The first-order chi connectivity index (χ1) is 7.66. The number of hydrogen-bond donors (Lipinski definition) is 2. The Morgan fingerprint density at radius 2 is 2.31 bits per heavy atom. The number of anilines is 2. The van der Waals surface area contributed by atoms with E-state index in [1.165, 1.54) is 12.3 Å². The number of aryl methyl sites for hydroxylation is 1. The minimum absolute atomic E-state index is 0.301. The SMILES string of the molecule is Cc1cc(NCc2ccon2)c(N)cc1F. The lowest BCUT2D eigenvalue weighted by molar-refractivity contribution is 0.412. The fourth-order valence-electron chi connectivity index (χ4n) is 1.36. The molecule has 0 bridgehead atoms. The maximum atomic E-state index is 13.1. The number of nitrogens with zero attached hydrogens (tertiary/aromatic N) is 1. The summed E-state index contributed by atoms with van der Waals surface area (Å²) in [5.74, 6) is -0.301. The molecule has 5 heteroatoms. The lowest BCUT2D eigenvalue weighted by Gasteiger charge is -2.09. The van der Waals surface area contributed by atoms with Crippen molar-refractivity contribution in [2.24, 2.45) is 0 Å². The van der Waals surface area contributed by atoms with Crippen LogP contribution in [0.1, 0.15) is 11.3 Å². The predicted octanol–water partition coefficient (Wildman–Crippen LogP) is 2.32. The van der Waals surface area contributed by atoms with Crippen molar-refractivity contribution >= 4 is 11.4 Å². The van der Waals surface area contributed by atoms with Gasteiger partial charge in [0.15, 0.2) is 0 Å². The van der Waals surface area contributed by atoms with Crippen LogP contribution < -0.4 is 11.1 Å². The molecular weight excluding hydrogens is 209 g/mol. The standard InChI is InChI=1S/C11H12FN3O/c1-7-4-11(10(13)5-9(7)12)14-6-8-2-3-16-15-8/h2-5,14H,6,13H2,1H3. The van der Waals surface area contributed by atoms with Crippen molar-refractivity contribution in [3.05, 3.63) is 41.5 Å². The third-order valence-corrected chi connectivity index (χ3v) is 2.28. The lowest BCUT2D eigenvalue weighted by atomic mass is 10.2. The Bertz CT molecular complexity index is 482. The van der Waals surface area contributed by atoms with Crippen molar-refractivity contribution in [3.63, 3.8) is 0 Å². The second kappa shape index (κ2) is 4.22. The summed E-state index contributed by atoms with van der Waals surface area (Å²) < 4.78 is 17.8. The molecule has 1 aromatic heterocycles. The summed E-state index contributed by atoms with van der Waals surface area (Å²) >= 11 is 0. The van der Waals surface area contributed by atoms with E-state index in [4.69, 9.17) is 10.3 Å². The molecular formula is C11H12FN3O. The van der Waals surface area contributed by atoms with Gasteiger partial charge in [0.2, 0.25) is 0 Å². The molecule has 2 rings (SSSR count). The minimum Gasteiger partial charge on any atom is -0.397 e. The van der Waals surface area contributed by atoms with E-state index in [0.29, 0.717) is 23.5 Å². The molecule has 1 aromatic carbocycles. The fraction of sp³-hybridized carbons (Fsp3) is 0.182. The quantitative estimate of drug-likeness (QED) is 0.781. The van der Waals surface area contributed by atoms with E-state index in [9.17, 15) is 4.39 Å². The Hall–Kier alpha value is -2.04. The predicted molar refractivity (Wildman–Crippen MR) is 59.4 cm³/mol. The Morgan fingerprint density at radius 3 is 3.00 bits per heavy atom. The molecule has 0 amide bonds. The number of rotatable bonds is 3. The topological polar surface area (TPSA) is 64.1 Å². The highest BCUT2D eigenvalue weighted by molar-refractivity contribution is 5.67. The first-order valence-electron chi connectivity index (χ1n) is 4.85. The monoisotopic (exact) mass is 221 g/mol. The summed E-state index contributed by atoms with van der Waals surface area (Å²) in [7, 11) is 0. The number of nitrogens with two attached hydrogens (primary N) is 1. The smallest absolute Gasteiger partial charge is 0.128 e. The molecule has 0 fully saturated rings. The maximum Gasteiger partial charge on any atom is 0.128 e. The van der Waals surface area contributed by atoms with E-state index in [1.807, 2.05) is 0 Å². The second-order valence-corrected chi connectivity index (χ2v) is 3.53. The van der Waals surface area contributed by atoms with Gasteiger partial charge in [0.1, 0.15) is 17.8 Å². The van der Waals surface area contributed by atoms with E-state index in [-0.39, 0.29) is 5.82 Å². The van der Waals surface area contributed by atoms with Crippen molar-refractivity contribution < 1.29 is 8.91 Å². The number of aromatic nitrogens is 1. The first-order valence-corrected chi connectivity index (χ1v) is 4.85. The highest BCUT2D eigenvalue weighted by Crippen LogP contribution is 2.22. The number of nitrogens with one attached hydrogen (secondary N) is 1. The average molecular weight is 221 g/mol. The van der Waals surface area contributed by atoms with Crippen LogP contribution in [0.25, 0.3) is 0 Å². The highest BCUT2D eigenvalue weighted by Gasteiger charge is 2.05. The van der Waals surface area contributed by atoms with Gasteiger partial charge in [-0.15, -0.1) is 0 Å². The van der Waals surface area contributed by atoms with Crippen molar-refractivity contribution in [1.82, 2.24) is 5.16 Å². The van der Waals surface area contributed by atoms with E-state index in [0.717, 1.165) is 5.69 Å². The van der Waals surface area contributed by atoms with Gasteiger partial charge in [-0.05, 0) is 24.6 Å². The van der Waals surface area contributed by atoms with Crippen LogP contribution in [-0.2, 0) is 6.54 Å². The molecule has 16 heavy (non-hydrogen) atoms. The van der Waals surface area contributed by atoms with Gasteiger partial charge in [-0.2, -0.15) is 0 Å². The van der Waals surface area contributed by atoms with Crippen molar-refractivity contribution in [3.8, 4) is 0 Å². The van der Waals surface area contributed by atoms with Crippen LogP contribution in [0.4, 0.5) is 15.8 Å². The molecule has 0 saturated heterocycles. The second-order valence-electron chi connectivity index (χ2n) is 3.53. The first kappa shape index (κ1) is 10.5. The van der Waals surface area contributed by atoms with Gasteiger partial charge in [0.05, 0.1) is 17.9 Å². The number of nitrogen functional groups attached to an aromatic ring is 1. The average Bonchev–Trinajstić information content (AvgIpc) is 2.74. The summed E-state index contributed by atoms with van der Waals surface area (Å²) in [6, 6.07) is 4.73. The molecule has 0 aliphatic heterocycles. The maximum absolute atomic E-state index is 13.1. The minimum atomic E-state index is -0.301. The summed E-state index contributed by atoms with van der Waals surface area (Å²) in [6.07, 6.45) is 1.50. The zero-order valence-corrected chi connectivity index (χ0v) is 8.83. The van der Waals surface area contributed by atoms with Crippen LogP contribution in [0, 0.1) is 12.7 Å². The Balaban J connectivity index is 2.12. The zero-order chi connectivity index (χ0) is 11.5. The summed E-state index contributed by atoms with van der Waals surface area (Å²) in [6.45, 7) is 2.18. The lowest BCUT2D eigenvalue weighted by Crippen LogP contribution is -2.03.